The first-order valence-electron chi connectivity index (χ1n) is 11.3. The molecule has 4 aromatic rings. The highest BCUT2D eigenvalue weighted by molar-refractivity contribution is 7.80. The van der Waals surface area contributed by atoms with Crippen molar-refractivity contribution in [3.8, 4) is 5.75 Å². The van der Waals surface area contributed by atoms with Gasteiger partial charge < -0.3 is 25.3 Å². The Morgan fingerprint density at radius 3 is 2.49 bits per heavy atom. The van der Waals surface area contributed by atoms with Crippen LogP contribution in [0.1, 0.15) is 29.2 Å². The Bertz CT molecular complexity index is 1310. The summed E-state index contributed by atoms with van der Waals surface area (Å²) in [4.78, 5) is 22.5. The summed E-state index contributed by atoms with van der Waals surface area (Å²) < 4.78 is 5.52. The Balaban J connectivity index is 1.34. The molecule has 1 amide bonds. The molecule has 0 saturated carbocycles. The summed E-state index contributed by atoms with van der Waals surface area (Å²) in [5, 5.41) is 6.94. The number of rotatable bonds is 7. The normalized spacial score (nSPS) is 17.2. The van der Waals surface area contributed by atoms with E-state index in [1.165, 1.54) is 0 Å². The number of pyridine rings is 1. The molecular formula is C27H25N5O2S. The molecule has 176 valence electrons. The van der Waals surface area contributed by atoms with Gasteiger partial charge in [0.25, 0.3) is 5.91 Å². The lowest BCUT2D eigenvalue weighted by atomic mass is 10.0. The maximum atomic E-state index is 12.3. The second-order valence-electron chi connectivity index (χ2n) is 8.29. The Kier molecular flexibility index (Phi) is 6.45. The van der Waals surface area contributed by atoms with E-state index < -0.39 is 0 Å². The van der Waals surface area contributed by atoms with Gasteiger partial charge in [-0.15, -0.1) is 0 Å². The molecule has 2 aromatic carbocycles. The van der Waals surface area contributed by atoms with Crippen molar-refractivity contribution in [2.45, 2.75) is 19.0 Å². The number of aryl methyl sites for hydroxylation is 1. The zero-order valence-electron chi connectivity index (χ0n) is 19.1. The van der Waals surface area contributed by atoms with E-state index in [0.29, 0.717) is 16.5 Å². The first-order valence-corrected chi connectivity index (χ1v) is 11.7. The van der Waals surface area contributed by atoms with Crippen LogP contribution >= 0.6 is 12.2 Å². The van der Waals surface area contributed by atoms with Crippen LogP contribution in [-0.2, 0) is 4.79 Å². The van der Waals surface area contributed by atoms with E-state index in [9.17, 15) is 4.79 Å². The number of benzene rings is 2. The van der Waals surface area contributed by atoms with E-state index in [2.05, 4.69) is 37.6 Å². The molecule has 1 saturated heterocycles. The highest BCUT2D eigenvalue weighted by atomic mass is 32.1. The third kappa shape index (κ3) is 5.02. The lowest BCUT2D eigenvalue weighted by Crippen LogP contribution is -2.29. The van der Waals surface area contributed by atoms with Gasteiger partial charge >= 0.3 is 0 Å². The molecule has 0 radical (unpaired) electrons. The van der Waals surface area contributed by atoms with E-state index in [0.717, 1.165) is 22.8 Å². The highest BCUT2D eigenvalue weighted by Crippen LogP contribution is 2.41. The van der Waals surface area contributed by atoms with Gasteiger partial charge in [0.1, 0.15) is 11.8 Å². The first kappa shape index (κ1) is 22.6. The molecule has 0 aliphatic carbocycles. The van der Waals surface area contributed by atoms with Crippen LogP contribution in [-0.4, -0.2) is 27.6 Å². The maximum absolute atomic E-state index is 12.3. The first-order chi connectivity index (χ1) is 17.1. The summed E-state index contributed by atoms with van der Waals surface area (Å²) in [5.74, 6) is 0.427. The van der Waals surface area contributed by atoms with Gasteiger partial charge in [0.15, 0.2) is 11.7 Å². The number of carbonyl (C=O) groups excluding carboxylic acids is 1. The van der Waals surface area contributed by atoms with Crippen LogP contribution < -0.4 is 20.3 Å². The Morgan fingerprint density at radius 2 is 1.80 bits per heavy atom. The number of para-hydroxylation sites is 1. The molecule has 0 bridgehead atoms. The molecule has 3 heterocycles. The third-order valence-electron chi connectivity index (χ3n) is 5.81. The highest BCUT2D eigenvalue weighted by Gasteiger charge is 2.41. The molecule has 1 aliphatic heterocycles. The fraction of sp³-hybridized carbons (Fsp3) is 0.148. The van der Waals surface area contributed by atoms with Crippen LogP contribution in [0.5, 0.6) is 5.75 Å². The van der Waals surface area contributed by atoms with Crippen molar-refractivity contribution in [1.82, 2.24) is 15.3 Å². The minimum Gasteiger partial charge on any atom is -0.484 e. The van der Waals surface area contributed by atoms with Crippen molar-refractivity contribution >= 4 is 34.6 Å². The predicted octanol–water partition coefficient (Wildman–Crippen LogP) is 4.91. The minimum atomic E-state index is -0.227. The summed E-state index contributed by atoms with van der Waals surface area (Å²) >= 11 is 5.75. The number of ether oxygens (including phenoxy) is 1. The van der Waals surface area contributed by atoms with E-state index >= 15 is 0 Å². The van der Waals surface area contributed by atoms with Crippen molar-refractivity contribution < 1.29 is 9.53 Å². The number of nitrogens with zero attached hydrogens (tertiary/aromatic N) is 2. The monoisotopic (exact) mass is 483 g/mol. The molecule has 2 aromatic heterocycles. The molecule has 2 atom stereocenters. The van der Waals surface area contributed by atoms with Crippen molar-refractivity contribution in [3.05, 3.63) is 108 Å². The number of carbonyl (C=O) groups is 1. The number of amides is 1. The van der Waals surface area contributed by atoms with E-state index in [4.69, 9.17) is 17.0 Å². The second kappa shape index (κ2) is 9.99. The SMILES string of the molecule is Cc1ccc([C@@H]2[C@@H](c3ccccn3)NC(=S)N2c2ccc(NC(=O)COc3ccccc3)cc2)[nH]1. The third-order valence-corrected chi connectivity index (χ3v) is 6.13. The van der Waals surface area contributed by atoms with Gasteiger partial charge in [0.2, 0.25) is 0 Å². The van der Waals surface area contributed by atoms with Gasteiger partial charge in [0.05, 0.1) is 11.7 Å². The summed E-state index contributed by atoms with van der Waals surface area (Å²) in [5.41, 5.74) is 4.63. The molecular weight excluding hydrogens is 458 g/mol. The van der Waals surface area contributed by atoms with E-state index in [-0.39, 0.29) is 24.6 Å². The van der Waals surface area contributed by atoms with Crippen LogP contribution in [0.15, 0.2) is 91.1 Å². The van der Waals surface area contributed by atoms with Crippen molar-refractivity contribution in [2.75, 3.05) is 16.8 Å². The number of thiocarbonyl (C=S) groups is 1. The smallest absolute Gasteiger partial charge is 0.262 e. The summed E-state index contributed by atoms with van der Waals surface area (Å²) in [7, 11) is 0. The number of hydrogen-bond donors (Lipinski definition) is 3. The van der Waals surface area contributed by atoms with Crippen LogP contribution in [0.3, 0.4) is 0 Å². The molecule has 5 rings (SSSR count). The van der Waals surface area contributed by atoms with Gasteiger partial charge in [-0.05, 0) is 79.8 Å². The van der Waals surface area contributed by atoms with Crippen LogP contribution in [0.2, 0.25) is 0 Å². The zero-order chi connectivity index (χ0) is 24.2. The Hall–Kier alpha value is -4.17. The van der Waals surface area contributed by atoms with Crippen molar-refractivity contribution in [1.29, 1.82) is 0 Å². The molecule has 0 spiro atoms. The summed E-state index contributed by atoms with van der Waals surface area (Å²) in [6.45, 7) is 1.97. The molecule has 1 fully saturated rings. The fourth-order valence-electron chi connectivity index (χ4n) is 4.22. The van der Waals surface area contributed by atoms with Gasteiger partial charge in [-0.25, -0.2) is 0 Å². The number of aromatic nitrogens is 2. The van der Waals surface area contributed by atoms with Gasteiger partial charge in [-0.3, -0.25) is 9.78 Å². The molecule has 35 heavy (non-hydrogen) atoms. The predicted molar refractivity (Wildman–Crippen MR) is 140 cm³/mol. The maximum Gasteiger partial charge on any atom is 0.262 e. The average Bonchev–Trinajstić information content (AvgIpc) is 3.47. The second-order valence-corrected chi connectivity index (χ2v) is 8.68. The van der Waals surface area contributed by atoms with Gasteiger partial charge in [-0.1, -0.05) is 24.3 Å². The number of hydrogen-bond acceptors (Lipinski definition) is 4. The zero-order valence-corrected chi connectivity index (χ0v) is 20.0. The van der Waals surface area contributed by atoms with Crippen LogP contribution in [0.4, 0.5) is 11.4 Å². The van der Waals surface area contributed by atoms with E-state index in [1.54, 1.807) is 6.20 Å². The van der Waals surface area contributed by atoms with Crippen LogP contribution in [0.25, 0.3) is 0 Å². The molecule has 8 heteroatoms. The quantitative estimate of drug-likeness (QED) is 0.324. The number of nitrogens with one attached hydrogen (secondary N) is 3. The molecule has 0 unspecified atom stereocenters. The summed E-state index contributed by atoms with van der Waals surface area (Å²) in [6.07, 6.45) is 1.79. The average molecular weight is 484 g/mol. The molecule has 3 N–H and O–H groups in total. The van der Waals surface area contributed by atoms with Crippen molar-refractivity contribution in [3.63, 3.8) is 0 Å². The number of H-pyrrole nitrogens is 1. The van der Waals surface area contributed by atoms with E-state index in [1.807, 2.05) is 79.7 Å². The summed E-state index contributed by atoms with van der Waals surface area (Å²) in [6, 6.07) is 26.7. The lowest BCUT2D eigenvalue weighted by Gasteiger charge is -2.27. The number of aromatic amines is 1. The van der Waals surface area contributed by atoms with Crippen LogP contribution in [0, 0.1) is 6.92 Å². The lowest BCUT2D eigenvalue weighted by molar-refractivity contribution is -0.118. The Labute approximate surface area is 209 Å². The minimum absolute atomic E-state index is 0.0636. The van der Waals surface area contributed by atoms with Gasteiger partial charge in [-0.2, -0.15) is 0 Å². The fourth-order valence-corrected chi connectivity index (χ4v) is 4.56. The topological polar surface area (TPSA) is 82.3 Å². The van der Waals surface area contributed by atoms with Gasteiger partial charge in [0, 0.05) is 29.0 Å². The Morgan fingerprint density at radius 1 is 1.03 bits per heavy atom. The number of anilines is 2. The molecule has 1 aliphatic rings. The van der Waals surface area contributed by atoms with Crippen molar-refractivity contribution in [2.24, 2.45) is 0 Å². The molecule has 7 nitrogen and oxygen atoms in total. The largest absolute Gasteiger partial charge is 0.484 e. The standard InChI is InChI=1S/C27H25N5O2S/c1-18-10-15-23(29-18)26-25(22-9-5-6-16-28-22)31-27(35)32(26)20-13-11-19(12-14-20)30-24(33)17-34-21-7-3-2-4-8-21/h2-16,25-26,29H,17H2,1H3,(H,30,33)(H,31,35)/t25-,26-/m1/s1.